The normalized spacial score (nSPS) is 16.9. The van der Waals surface area contributed by atoms with Crippen molar-refractivity contribution in [3.8, 4) is 11.1 Å². The van der Waals surface area contributed by atoms with Crippen LogP contribution in [0.2, 0.25) is 0 Å². The summed E-state index contributed by atoms with van der Waals surface area (Å²) in [5.41, 5.74) is 3.35. The molecule has 0 radical (unpaired) electrons. The van der Waals surface area contributed by atoms with Crippen molar-refractivity contribution in [1.82, 2.24) is 19.5 Å². The largest absolute Gasteiger partial charge is 0.444 e. The maximum Gasteiger partial charge on any atom is 0.416 e. The third-order valence-corrected chi connectivity index (χ3v) is 8.31. The van der Waals surface area contributed by atoms with Crippen molar-refractivity contribution in [2.45, 2.75) is 91.6 Å². The fourth-order valence-electron chi connectivity index (χ4n) is 5.77. The second-order valence-corrected chi connectivity index (χ2v) is 15.0. The molecule has 262 valence electrons. The van der Waals surface area contributed by atoms with Gasteiger partial charge in [0.05, 0.1) is 25.4 Å². The van der Waals surface area contributed by atoms with E-state index in [4.69, 9.17) is 14.5 Å². The highest BCUT2D eigenvalue weighted by Crippen LogP contribution is 2.30. The Morgan fingerprint density at radius 2 is 1.63 bits per heavy atom. The number of fused-ring (bicyclic) bond motifs is 1. The number of aliphatic hydroxyl groups excluding tert-OH is 1. The average Bonchev–Trinajstić information content (AvgIpc) is 3.46. The molecule has 49 heavy (non-hydrogen) atoms. The summed E-state index contributed by atoms with van der Waals surface area (Å²) in [6.45, 7) is 16.5. The summed E-state index contributed by atoms with van der Waals surface area (Å²) in [7, 11) is 0. The van der Waals surface area contributed by atoms with Gasteiger partial charge in [0, 0.05) is 30.6 Å². The van der Waals surface area contributed by atoms with Crippen molar-refractivity contribution in [2.75, 3.05) is 29.9 Å². The standard InChI is InChI=1S/C38H50N6O5/c1-25(2)30-22-40-44-33(20-32(41-34(30)44)39-21-29-18-19-42(24-31(29)45)35(46)48-37(3,4)5)43(36(47)49-38(6,7)8)23-26-14-16-28(17-15-26)27-12-10-9-11-13-27/h9-17,20,22,25,29,31,45H,18-19,21,23-24H2,1-8H3,(H,39,41)/t29-,31+/m1/s1. The highest BCUT2D eigenvalue weighted by molar-refractivity contribution is 5.88. The van der Waals surface area contributed by atoms with Crippen LogP contribution in [-0.4, -0.2) is 73.7 Å². The molecule has 2 aromatic heterocycles. The Hall–Kier alpha value is -4.64. The molecule has 2 atom stereocenters. The third kappa shape index (κ3) is 9.08. The Labute approximate surface area is 289 Å². The van der Waals surface area contributed by atoms with Gasteiger partial charge in [0.15, 0.2) is 5.65 Å². The minimum absolute atomic E-state index is 0.125. The van der Waals surface area contributed by atoms with E-state index in [0.717, 1.165) is 22.3 Å². The smallest absolute Gasteiger partial charge is 0.416 e. The number of aromatic nitrogens is 3. The van der Waals surface area contributed by atoms with Crippen LogP contribution in [0.5, 0.6) is 0 Å². The minimum Gasteiger partial charge on any atom is -0.444 e. The molecular weight excluding hydrogens is 620 g/mol. The first-order valence-electron chi connectivity index (χ1n) is 17.0. The van der Waals surface area contributed by atoms with Gasteiger partial charge < -0.3 is 24.8 Å². The van der Waals surface area contributed by atoms with Gasteiger partial charge in [-0.2, -0.15) is 9.61 Å². The summed E-state index contributed by atoms with van der Waals surface area (Å²) in [4.78, 5) is 34.6. The first kappa shape index (κ1) is 35.7. The van der Waals surface area contributed by atoms with E-state index in [-0.39, 0.29) is 24.9 Å². The number of anilines is 2. The quantitative estimate of drug-likeness (QED) is 0.198. The molecule has 1 fully saturated rings. The fourth-order valence-corrected chi connectivity index (χ4v) is 5.77. The Morgan fingerprint density at radius 3 is 2.24 bits per heavy atom. The van der Waals surface area contributed by atoms with Crippen LogP contribution in [0, 0.1) is 5.92 Å². The SMILES string of the molecule is CC(C)c1cnn2c(N(Cc3ccc(-c4ccccc4)cc3)C(=O)OC(C)(C)C)cc(NC[C@H]3CCN(C(=O)OC(C)(C)C)C[C@@H]3O)nc12. The van der Waals surface area contributed by atoms with E-state index < -0.39 is 29.5 Å². The molecule has 0 unspecified atom stereocenters. The van der Waals surface area contributed by atoms with Crippen LogP contribution < -0.4 is 10.2 Å². The second kappa shape index (κ2) is 14.5. The number of carbonyl (C=O) groups is 2. The molecule has 2 N–H and O–H groups in total. The third-order valence-electron chi connectivity index (χ3n) is 8.31. The number of benzene rings is 2. The van der Waals surface area contributed by atoms with E-state index in [1.54, 1.807) is 26.6 Å². The van der Waals surface area contributed by atoms with Gasteiger partial charge in [-0.25, -0.2) is 14.6 Å². The fraction of sp³-hybridized carbons (Fsp3) is 0.474. The zero-order valence-corrected chi connectivity index (χ0v) is 29.9. The van der Waals surface area contributed by atoms with Gasteiger partial charge in [-0.1, -0.05) is 68.4 Å². The number of nitrogens with one attached hydrogen (secondary N) is 1. The molecule has 4 aromatic rings. The lowest BCUT2D eigenvalue weighted by molar-refractivity contribution is -0.0104. The number of rotatable bonds is 8. The summed E-state index contributed by atoms with van der Waals surface area (Å²) in [6, 6.07) is 20.1. The van der Waals surface area contributed by atoms with Crippen LogP contribution in [0.15, 0.2) is 66.9 Å². The number of piperidine rings is 1. The summed E-state index contributed by atoms with van der Waals surface area (Å²) < 4.78 is 13.1. The number of hydrogen-bond donors (Lipinski definition) is 2. The molecule has 2 amide bonds. The molecule has 2 aromatic carbocycles. The number of hydrogen-bond acceptors (Lipinski definition) is 8. The van der Waals surface area contributed by atoms with Gasteiger partial charge >= 0.3 is 12.2 Å². The van der Waals surface area contributed by atoms with Gasteiger partial charge in [-0.15, -0.1) is 0 Å². The van der Waals surface area contributed by atoms with Crippen LogP contribution >= 0.6 is 0 Å². The van der Waals surface area contributed by atoms with Crippen molar-refractivity contribution in [3.63, 3.8) is 0 Å². The number of likely N-dealkylation sites (tertiary alicyclic amines) is 1. The van der Waals surface area contributed by atoms with E-state index >= 15 is 0 Å². The van der Waals surface area contributed by atoms with Crippen molar-refractivity contribution >= 4 is 29.5 Å². The maximum atomic E-state index is 13.9. The molecule has 1 saturated heterocycles. The zero-order valence-electron chi connectivity index (χ0n) is 29.9. The number of carbonyl (C=O) groups excluding carboxylic acids is 2. The highest BCUT2D eigenvalue weighted by Gasteiger charge is 2.33. The lowest BCUT2D eigenvalue weighted by Crippen LogP contribution is -2.49. The Balaban J connectivity index is 1.43. The van der Waals surface area contributed by atoms with Crippen molar-refractivity contribution in [2.24, 2.45) is 5.92 Å². The first-order chi connectivity index (χ1) is 23.1. The van der Waals surface area contributed by atoms with Crippen LogP contribution in [0.4, 0.5) is 21.2 Å². The van der Waals surface area contributed by atoms with E-state index in [2.05, 4.69) is 48.5 Å². The summed E-state index contributed by atoms with van der Waals surface area (Å²) in [5, 5.41) is 19.1. The highest BCUT2D eigenvalue weighted by atomic mass is 16.6. The molecule has 3 heterocycles. The van der Waals surface area contributed by atoms with Gasteiger partial charge in [0.2, 0.25) is 0 Å². The molecule has 0 saturated carbocycles. The lowest BCUT2D eigenvalue weighted by Gasteiger charge is -2.36. The second-order valence-electron chi connectivity index (χ2n) is 15.0. The zero-order chi connectivity index (χ0) is 35.5. The Bertz CT molecular complexity index is 1740. The molecule has 5 rings (SSSR count). The summed E-state index contributed by atoms with van der Waals surface area (Å²) in [5.74, 6) is 1.05. The maximum absolute atomic E-state index is 13.9. The van der Waals surface area contributed by atoms with Crippen molar-refractivity contribution in [3.05, 3.63) is 78.0 Å². The summed E-state index contributed by atoms with van der Waals surface area (Å²) in [6.07, 6.45) is 0.710. The molecular formula is C38H50N6O5. The molecule has 11 nitrogen and oxygen atoms in total. The monoisotopic (exact) mass is 670 g/mol. The number of aliphatic hydroxyl groups is 1. The van der Waals surface area contributed by atoms with E-state index in [0.29, 0.717) is 36.8 Å². The van der Waals surface area contributed by atoms with Gasteiger partial charge in [-0.3, -0.25) is 4.90 Å². The van der Waals surface area contributed by atoms with Crippen molar-refractivity contribution < 1.29 is 24.2 Å². The molecule has 0 spiro atoms. The van der Waals surface area contributed by atoms with Gasteiger partial charge in [0.1, 0.15) is 22.8 Å². The topological polar surface area (TPSA) is 122 Å². The van der Waals surface area contributed by atoms with Gasteiger partial charge in [0.25, 0.3) is 0 Å². The molecule has 0 aliphatic carbocycles. The molecule has 11 heteroatoms. The first-order valence-corrected chi connectivity index (χ1v) is 17.0. The lowest BCUT2D eigenvalue weighted by atomic mass is 9.94. The molecule has 1 aliphatic rings. The molecule has 1 aliphatic heterocycles. The number of ether oxygens (including phenoxy) is 2. The minimum atomic E-state index is -0.740. The van der Waals surface area contributed by atoms with Crippen LogP contribution in [-0.2, 0) is 16.0 Å². The van der Waals surface area contributed by atoms with Gasteiger partial charge in [-0.05, 0) is 70.6 Å². The number of β-amino-alcohol motifs (C(OH)–C–C–N with tert-alkyl or cyclic N) is 1. The summed E-state index contributed by atoms with van der Waals surface area (Å²) >= 11 is 0. The van der Waals surface area contributed by atoms with E-state index in [1.807, 2.05) is 71.9 Å². The Morgan fingerprint density at radius 1 is 0.980 bits per heavy atom. The number of amides is 2. The van der Waals surface area contributed by atoms with Crippen LogP contribution in [0.3, 0.4) is 0 Å². The van der Waals surface area contributed by atoms with E-state index in [9.17, 15) is 14.7 Å². The molecule has 0 bridgehead atoms. The van der Waals surface area contributed by atoms with Crippen LogP contribution in [0.1, 0.15) is 78.9 Å². The average molecular weight is 671 g/mol. The van der Waals surface area contributed by atoms with Crippen molar-refractivity contribution in [1.29, 1.82) is 0 Å². The number of nitrogens with zero attached hydrogens (tertiary/aromatic N) is 5. The van der Waals surface area contributed by atoms with E-state index in [1.165, 1.54) is 0 Å². The predicted octanol–water partition coefficient (Wildman–Crippen LogP) is 7.49. The van der Waals surface area contributed by atoms with Crippen LogP contribution in [0.25, 0.3) is 16.8 Å². The Kier molecular flexibility index (Phi) is 10.5. The predicted molar refractivity (Wildman–Crippen MR) is 192 cm³/mol.